The van der Waals surface area contributed by atoms with Crippen molar-refractivity contribution in [2.75, 3.05) is 26.7 Å². The highest BCUT2D eigenvalue weighted by atomic mass is 16.5. The summed E-state index contributed by atoms with van der Waals surface area (Å²) in [7, 11) is 3.56. The molecule has 0 bridgehead atoms. The maximum absolute atomic E-state index is 12.0. The normalized spacial score (nSPS) is 18.7. The van der Waals surface area contributed by atoms with Crippen LogP contribution in [0, 0.1) is 0 Å². The first-order valence-electron chi connectivity index (χ1n) is 7.88. The molecule has 1 aliphatic heterocycles. The number of nitrogens with zero attached hydrogens (tertiary/aromatic N) is 5. The summed E-state index contributed by atoms with van der Waals surface area (Å²) >= 11 is 0. The molecule has 0 aliphatic carbocycles. The van der Waals surface area contributed by atoms with Gasteiger partial charge in [-0.15, -0.1) is 0 Å². The summed E-state index contributed by atoms with van der Waals surface area (Å²) < 4.78 is 6.64. The summed E-state index contributed by atoms with van der Waals surface area (Å²) in [5, 5.41) is 7.65. The van der Waals surface area contributed by atoms with Crippen molar-refractivity contribution >= 4 is 11.0 Å². The van der Waals surface area contributed by atoms with Gasteiger partial charge in [0.1, 0.15) is 5.65 Å². The topological polar surface area (TPSA) is 122 Å². The highest BCUT2D eigenvalue weighted by molar-refractivity contribution is 5.78. The number of aromatic nitrogens is 5. The van der Waals surface area contributed by atoms with Gasteiger partial charge in [0.15, 0.2) is 5.82 Å². The lowest BCUT2D eigenvalue weighted by atomic mass is 10.2. The monoisotopic (exact) mass is 343 g/mol. The van der Waals surface area contributed by atoms with E-state index in [1.54, 1.807) is 13.1 Å². The number of piperazine rings is 1. The van der Waals surface area contributed by atoms with E-state index in [9.17, 15) is 9.59 Å². The fourth-order valence-corrected chi connectivity index (χ4v) is 2.94. The lowest BCUT2D eigenvalue weighted by Crippen LogP contribution is -2.44. The number of aromatic amines is 1. The molecule has 0 saturated carbocycles. The van der Waals surface area contributed by atoms with Gasteiger partial charge in [0.2, 0.25) is 0 Å². The van der Waals surface area contributed by atoms with Gasteiger partial charge in [-0.3, -0.25) is 19.2 Å². The van der Waals surface area contributed by atoms with Crippen LogP contribution in [0.4, 0.5) is 0 Å². The average molecular weight is 343 g/mol. The summed E-state index contributed by atoms with van der Waals surface area (Å²) in [6.07, 6.45) is 1.52. The van der Waals surface area contributed by atoms with Gasteiger partial charge in [-0.05, 0) is 13.1 Å². The Hall–Kier alpha value is -2.85. The molecular weight excluding hydrogens is 326 g/mol. The van der Waals surface area contributed by atoms with E-state index >= 15 is 0 Å². The Morgan fingerprint density at radius 2 is 2.16 bits per heavy atom. The quantitative estimate of drug-likeness (QED) is 0.623. The summed E-state index contributed by atoms with van der Waals surface area (Å²) in [5.74, 6) is 0.871. The van der Waals surface area contributed by atoms with Crippen molar-refractivity contribution in [3.05, 3.63) is 38.9 Å². The van der Waals surface area contributed by atoms with Crippen molar-refractivity contribution in [2.45, 2.75) is 6.04 Å². The predicted molar refractivity (Wildman–Crippen MR) is 89.1 cm³/mol. The molecule has 3 aromatic heterocycles. The smallest absolute Gasteiger partial charge is 0.329 e. The third-order valence-corrected chi connectivity index (χ3v) is 4.45. The van der Waals surface area contributed by atoms with Gasteiger partial charge >= 0.3 is 5.69 Å². The molecule has 1 saturated heterocycles. The lowest BCUT2D eigenvalue weighted by molar-refractivity contribution is 0.190. The molecule has 10 nitrogen and oxygen atoms in total. The molecule has 0 spiro atoms. The van der Waals surface area contributed by atoms with E-state index in [1.807, 2.05) is 7.05 Å². The highest BCUT2D eigenvalue weighted by Crippen LogP contribution is 2.23. The Kier molecular flexibility index (Phi) is 3.70. The second-order valence-corrected chi connectivity index (χ2v) is 6.07. The Morgan fingerprint density at radius 3 is 2.96 bits per heavy atom. The van der Waals surface area contributed by atoms with Crippen LogP contribution in [0.25, 0.3) is 22.5 Å². The minimum absolute atomic E-state index is 0.0314. The molecule has 1 aliphatic rings. The first kappa shape index (κ1) is 15.7. The van der Waals surface area contributed by atoms with E-state index in [4.69, 9.17) is 4.52 Å². The number of nitrogens with one attached hydrogen (secondary N) is 2. The largest absolute Gasteiger partial charge is 0.334 e. The van der Waals surface area contributed by atoms with Crippen LogP contribution >= 0.6 is 0 Å². The lowest BCUT2D eigenvalue weighted by Gasteiger charge is -2.30. The van der Waals surface area contributed by atoms with E-state index in [2.05, 4.69) is 30.3 Å². The number of fused-ring (bicyclic) bond motifs is 1. The molecular formula is C15H17N7O3. The molecule has 3 aromatic rings. The summed E-state index contributed by atoms with van der Waals surface area (Å²) in [6.45, 7) is 2.57. The molecule has 4 rings (SSSR count). The van der Waals surface area contributed by atoms with Crippen molar-refractivity contribution in [3.8, 4) is 11.5 Å². The summed E-state index contributed by atoms with van der Waals surface area (Å²) in [5.41, 5.74) is -0.177. The Morgan fingerprint density at radius 1 is 1.32 bits per heavy atom. The van der Waals surface area contributed by atoms with Gasteiger partial charge in [-0.1, -0.05) is 5.16 Å². The number of likely N-dealkylation sites (N-methyl/N-ethyl adjacent to an activating group) is 1. The number of rotatable bonds is 2. The fourth-order valence-electron chi connectivity index (χ4n) is 2.94. The molecule has 1 fully saturated rings. The Bertz CT molecular complexity index is 1050. The zero-order valence-corrected chi connectivity index (χ0v) is 13.8. The highest BCUT2D eigenvalue weighted by Gasteiger charge is 2.25. The van der Waals surface area contributed by atoms with Crippen LogP contribution in [0.5, 0.6) is 0 Å². The van der Waals surface area contributed by atoms with Crippen LogP contribution in [-0.4, -0.2) is 56.3 Å². The van der Waals surface area contributed by atoms with Gasteiger partial charge in [-0.2, -0.15) is 4.98 Å². The van der Waals surface area contributed by atoms with Gasteiger partial charge < -0.3 is 9.84 Å². The number of H-pyrrole nitrogens is 1. The average Bonchev–Trinajstić information content (AvgIpc) is 3.09. The van der Waals surface area contributed by atoms with E-state index in [-0.39, 0.29) is 17.3 Å². The predicted octanol–water partition coefficient (Wildman–Crippen LogP) is -0.752. The van der Waals surface area contributed by atoms with Crippen LogP contribution < -0.4 is 16.6 Å². The van der Waals surface area contributed by atoms with Gasteiger partial charge in [0.25, 0.3) is 11.4 Å². The summed E-state index contributed by atoms with van der Waals surface area (Å²) in [6, 6.07) is 1.63. The third-order valence-electron chi connectivity index (χ3n) is 4.45. The van der Waals surface area contributed by atoms with Crippen LogP contribution in [0.15, 0.2) is 26.4 Å². The third kappa shape index (κ3) is 2.65. The number of hydrogen-bond donors (Lipinski definition) is 2. The molecule has 4 heterocycles. The Balaban J connectivity index is 1.75. The maximum Gasteiger partial charge on any atom is 0.329 e. The van der Waals surface area contributed by atoms with E-state index < -0.39 is 11.2 Å². The van der Waals surface area contributed by atoms with Crippen LogP contribution in [0.3, 0.4) is 0 Å². The SMILES string of the molecule is CN1CCNCC1c1noc(-c2cnc3c(c2)c(=O)[nH]c(=O)n3C)n1. The standard InChI is InChI=1S/C15H17N7O3/c1-21-4-3-16-7-10(21)11-18-14(25-20-11)8-5-9-12(17-6-8)22(2)15(24)19-13(9)23/h5-6,10,16H,3-4,7H2,1-2H3,(H,19,23,24). The first-order chi connectivity index (χ1) is 12.0. The molecule has 10 heteroatoms. The van der Waals surface area contributed by atoms with Gasteiger partial charge in [0, 0.05) is 32.9 Å². The molecule has 25 heavy (non-hydrogen) atoms. The van der Waals surface area contributed by atoms with Crippen molar-refractivity contribution in [1.29, 1.82) is 0 Å². The second-order valence-electron chi connectivity index (χ2n) is 6.07. The first-order valence-corrected chi connectivity index (χ1v) is 7.88. The van der Waals surface area contributed by atoms with Crippen molar-refractivity contribution in [3.63, 3.8) is 0 Å². The van der Waals surface area contributed by atoms with Crippen LogP contribution in [0.1, 0.15) is 11.9 Å². The van der Waals surface area contributed by atoms with Crippen LogP contribution in [0.2, 0.25) is 0 Å². The van der Waals surface area contributed by atoms with Crippen molar-refractivity contribution < 1.29 is 4.52 Å². The van der Waals surface area contributed by atoms with E-state index in [0.29, 0.717) is 17.0 Å². The molecule has 0 aromatic carbocycles. The van der Waals surface area contributed by atoms with Crippen molar-refractivity contribution in [1.82, 2.24) is 34.9 Å². The van der Waals surface area contributed by atoms with Crippen LogP contribution in [-0.2, 0) is 7.05 Å². The number of pyridine rings is 1. The molecule has 130 valence electrons. The van der Waals surface area contributed by atoms with E-state index in [0.717, 1.165) is 19.6 Å². The molecule has 0 radical (unpaired) electrons. The van der Waals surface area contributed by atoms with Gasteiger partial charge in [0.05, 0.1) is 17.0 Å². The Labute approximate surface area is 141 Å². The second kappa shape index (κ2) is 5.90. The maximum atomic E-state index is 12.0. The van der Waals surface area contributed by atoms with Gasteiger partial charge in [-0.25, -0.2) is 9.78 Å². The minimum atomic E-state index is -0.509. The zero-order chi connectivity index (χ0) is 17.6. The number of aryl methyl sites for hydroxylation is 1. The minimum Gasteiger partial charge on any atom is -0.334 e. The number of hydrogen-bond acceptors (Lipinski definition) is 8. The fraction of sp³-hybridized carbons (Fsp3) is 0.400. The zero-order valence-electron chi connectivity index (χ0n) is 13.8. The van der Waals surface area contributed by atoms with E-state index in [1.165, 1.54) is 10.8 Å². The molecule has 1 unspecified atom stereocenters. The summed E-state index contributed by atoms with van der Waals surface area (Å²) in [4.78, 5) is 36.7. The molecule has 2 N–H and O–H groups in total. The molecule has 0 amide bonds. The van der Waals surface area contributed by atoms with Crippen molar-refractivity contribution in [2.24, 2.45) is 7.05 Å². The molecule has 1 atom stereocenters.